The summed E-state index contributed by atoms with van der Waals surface area (Å²) in [4.78, 5) is 26.9. The second-order valence-electron chi connectivity index (χ2n) is 6.63. The third-order valence-corrected chi connectivity index (χ3v) is 4.63. The summed E-state index contributed by atoms with van der Waals surface area (Å²) in [6, 6.07) is 7.61. The van der Waals surface area contributed by atoms with E-state index in [1.807, 2.05) is 12.1 Å². The fourth-order valence-corrected chi connectivity index (χ4v) is 3.32. The van der Waals surface area contributed by atoms with Gasteiger partial charge >= 0.3 is 0 Å². The standard InChI is InChI=1S/C18H20N6O2/c1-22-8-2-3-13-4-5-15(9-14(13)10-22)21-17(25)11-23-18(26)16-6-7-19-24(16)12-20-23/h4-7,9,12H,2-3,8,10-11H2,1H3,(H,21,25). The number of fused-ring (bicyclic) bond motifs is 2. The molecule has 3 aromatic rings. The van der Waals surface area contributed by atoms with Crippen LogP contribution in [0.25, 0.3) is 5.52 Å². The van der Waals surface area contributed by atoms with E-state index in [4.69, 9.17) is 0 Å². The SMILES string of the molecule is CN1CCCc2ccc(NC(=O)Cn3ncn4nccc4c3=O)cc2C1. The van der Waals surface area contributed by atoms with E-state index in [2.05, 4.69) is 33.5 Å². The summed E-state index contributed by atoms with van der Waals surface area (Å²) >= 11 is 0. The van der Waals surface area contributed by atoms with Gasteiger partial charge in [-0.1, -0.05) is 6.07 Å². The van der Waals surface area contributed by atoms with Crippen LogP contribution in [0.15, 0.2) is 41.6 Å². The Morgan fingerprint density at radius 1 is 1.23 bits per heavy atom. The van der Waals surface area contributed by atoms with Crippen LogP contribution < -0.4 is 10.9 Å². The van der Waals surface area contributed by atoms with Gasteiger partial charge in [0.05, 0.1) is 6.20 Å². The van der Waals surface area contributed by atoms with Crippen molar-refractivity contribution in [1.82, 2.24) is 24.3 Å². The molecule has 26 heavy (non-hydrogen) atoms. The number of aromatic nitrogens is 4. The van der Waals surface area contributed by atoms with Crippen molar-refractivity contribution in [2.75, 3.05) is 18.9 Å². The summed E-state index contributed by atoms with van der Waals surface area (Å²) in [5.41, 5.74) is 3.35. The molecule has 1 aromatic carbocycles. The van der Waals surface area contributed by atoms with Crippen LogP contribution in [0.2, 0.25) is 0 Å². The molecule has 0 atom stereocenters. The van der Waals surface area contributed by atoms with Crippen LogP contribution in [0.1, 0.15) is 17.5 Å². The van der Waals surface area contributed by atoms with Crippen LogP contribution in [-0.2, 0) is 24.3 Å². The molecule has 0 saturated heterocycles. The first-order chi connectivity index (χ1) is 12.6. The Morgan fingerprint density at radius 2 is 2.12 bits per heavy atom. The van der Waals surface area contributed by atoms with Gasteiger partial charge in [0.2, 0.25) is 5.91 Å². The average molecular weight is 352 g/mol. The van der Waals surface area contributed by atoms with Crippen LogP contribution in [0.5, 0.6) is 0 Å². The molecular formula is C18H20N6O2. The molecule has 1 N–H and O–H groups in total. The quantitative estimate of drug-likeness (QED) is 0.757. The molecule has 1 amide bonds. The van der Waals surface area contributed by atoms with Crippen molar-refractivity contribution in [3.8, 4) is 0 Å². The van der Waals surface area contributed by atoms with Gasteiger partial charge in [-0.25, -0.2) is 9.20 Å². The molecule has 0 unspecified atom stereocenters. The van der Waals surface area contributed by atoms with E-state index in [-0.39, 0.29) is 18.0 Å². The Morgan fingerprint density at radius 3 is 3.00 bits per heavy atom. The molecule has 0 radical (unpaired) electrons. The van der Waals surface area contributed by atoms with E-state index in [1.54, 1.807) is 6.07 Å². The molecule has 1 aliphatic heterocycles. The zero-order chi connectivity index (χ0) is 18.1. The monoisotopic (exact) mass is 352 g/mol. The van der Waals surface area contributed by atoms with Crippen molar-refractivity contribution in [1.29, 1.82) is 0 Å². The van der Waals surface area contributed by atoms with E-state index in [0.29, 0.717) is 5.52 Å². The lowest BCUT2D eigenvalue weighted by atomic mass is 10.0. The van der Waals surface area contributed by atoms with Gasteiger partial charge in [0.1, 0.15) is 18.4 Å². The van der Waals surface area contributed by atoms with Crippen molar-refractivity contribution in [2.45, 2.75) is 25.9 Å². The number of amides is 1. The van der Waals surface area contributed by atoms with Crippen LogP contribution >= 0.6 is 0 Å². The Labute approximate surface area is 150 Å². The fourth-order valence-electron chi connectivity index (χ4n) is 3.32. The minimum absolute atomic E-state index is 0.141. The van der Waals surface area contributed by atoms with E-state index in [0.717, 1.165) is 36.3 Å². The van der Waals surface area contributed by atoms with Crippen LogP contribution in [0.3, 0.4) is 0 Å². The average Bonchev–Trinajstić information content (AvgIpc) is 3.01. The highest BCUT2D eigenvalue weighted by Gasteiger charge is 2.14. The summed E-state index contributed by atoms with van der Waals surface area (Å²) < 4.78 is 2.53. The lowest BCUT2D eigenvalue weighted by Gasteiger charge is -2.14. The molecule has 3 heterocycles. The molecule has 134 valence electrons. The van der Waals surface area contributed by atoms with E-state index < -0.39 is 0 Å². The van der Waals surface area contributed by atoms with Crippen molar-refractivity contribution in [2.24, 2.45) is 0 Å². The maximum Gasteiger partial charge on any atom is 0.293 e. The van der Waals surface area contributed by atoms with Gasteiger partial charge in [0, 0.05) is 12.2 Å². The van der Waals surface area contributed by atoms with Crippen molar-refractivity contribution in [3.05, 3.63) is 58.3 Å². The molecule has 1 aliphatic rings. The first-order valence-electron chi connectivity index (χ1n) is 8.60. The molecule has 0 fully saturated rings. The molecule has 0 bridgehead atoms. The maximum atomic E-state index is 12.4. The number of rotatable bonds is 3. The Bertz CT molecular complexity index is 1020. The highest BCUT2D eigenvalue weighted by molar-refractivity contribution is 5.90. The minimum atomic E-state index is -0.344. The number of nitrogens with zero attached hydrogens (tertiary/aromatic N) is 5. The number of hydrogen-bond acceptors (Lipinski definition) is 5. The molecular weight excluding hydrogens is 332 g/mol. The van der Waals surface area contributed by atoms with Crippen molar-refractivity contribution in [3.63, 3.8) is 0 Å². The van der Waals surface area contributed by atoms with Crippen LogP contribution in [-0.4, -0.2) is 43.8 Å². The van der Waals surface area contributed by atoms with Crippen molar-refractivity contribution >= 4 is 17.1 Å². The summed E-state index contributed by atoms with van der Waals surface area (Å²) in [6.07, 6.45) is 5.14. The van der Waals surface area contributed by atoms with E-state index in [1.165, 1.54) is 28.2 Å². The predicted molar refractivity (Wildman–Crippen MR) is 97.0 cm³/mol. The normalized spacial score (nSPS) is 14.8. The number of benzene rings is 1. The smallest absolute Gasteiger partial charge is 0.293 e. The predicted octanol–water partition coefficient (Wildman–Crippen LogP) is 0.908. The molecule has 0 spiro atoms. The summed E-state index contributed by atoms with van der Waals surface area (Å²) in [5, 5.41) is 10.8. The molecule has 0 aliphatic carbocycles. The molecule has 4 rings (SSSR count). The second-order valence-corrected chi connectivity index (χ2v) is 6.63. The minimum Gasteiger partial charge on any atom is -0.324 e. The maximum absolute atomic E-state index is 12.4. The van der Waals surface area contributed by atoms with Gasteiger partial charge in [-0.2, -0.15) is 10.2 Å². The largest absolute Gasteiger partial charge is 0.324 e. The Balaban J connectivity index is 1.51. The summed E-state index contributed by atoms with van der Waals surface area (Å²) in [7, 11) is 2.10. The molecule has 2 aromatic heterocycles. The first kappa shape index (κ1) is 16.5. The number of carbonyl (C=O) groups is 1. The zero-order valence-electron chi connectivity index (χ0n) is 14.6. The van der Waals surface area contributed by atoms with Gasteiger partial charge in [-0.15, -0.1) is 0 Å². The number of aryl methyl sites for hydroxylation is 1. The highest BCUT2D eigenvalue weighted by atomic mass is 16.2. The fraction of sp³-hybridized carbons (Fsp3) is 0.333. The molecule has 8 heteroatoms. The van der Waals surface area contributed by atoms with Gasteiger partial charge in [0.15, 0.2) is 0 Å². The highest BCUT2D eigenvalue weighted by Crippen LogP contribution is 2.21. The Hall–Kier alpha value is -3.00. The number of hydrogen-bond donors (Lipinski definition) is 1. The van der Waals surface area contributed by atoms with Gasteiger partial charge < -0.3 is 10.2 Å². The van der Waals surface area contributed by atoms with Crippen LogP contribution in [0, 0.1) is 0 Å². The van der Waals surface area contributed by atoms with Gasteiger partial charge in [0.25, 0.3) is 5.56 Å². The third-order valence-electron chi connectivity index (χ3n) is 4.63. The summed E-state index contributed by atoms with van der Waals surface area (Å²) in [6.45, 7) is 1.80. The third kappa shape index (κ3) is 3.23. The van der Waals surface area contributed by atoms with Crippen molar-refractivity contribution < 1.29 is 4.79 Å². The van der Waals surface area contributed by atoms with Crippen LogP contribution in [0.4, 0.5) is 5.69 Å². The zero-order valence-corrected chi connectivity index (χ0v) is 14.6. The lowest BCUT2D eigenvalue weighted by Crippen LogP contribution is -2.30. The number of nitrogens with one attached hydrogen (secondary N) is 1. The van der Waals surface area contributed by atoms with E-state index in [9.17, 15) is 9.59 Å². The topological polar surface area (TPSA) is 84.5 Å². The first-order valence-corrected chi connectivity index (χ1v) is 8.60. The number of carbonyl (C=O) groups excluding carboxylic acids is 1. The number of anilines is 1. The lowest BCUT2D eigenvalue weighted by molar-refractivity contribution is -0.117. The van der Waals surface area contributed by atoms with Gasteiger partial charge in [-0.05, 0) is 55.8 Å². The molecule has 0 saturated carbocycles. The van der Waals surface area contributed by atoms with Gasteiger partial charge in [-0.3, -0.25) is 9.59 Å². The molecule has 8 nitrogen and oxygen atoms in total. The summed E-state index contributed by atoms with van der Waals surface area (Å²) in [5.74, 6) is -0.287. The second kappa shape index (κ2) is 6.72. The van der Waals surface area contributed by atoms with E-state index >= 15 is 0 Å². The Kier molecular flexibility index (Phi) is 4.26.